The molecule has 1 aromatic carbocycles. The van der Waals surface area contributed by atoms with E-state index in [2.05, 4.69) is 22.5 Å². The van der Waals surface area contributed by atoms with Crippen LogP contribution >= 0.6 is 0 Å². The minimum Gasteiger partial charge on any atom is -0.352 e. The number of rotatable bonds is 8. The molecule has 0 radical (unpaired) electrons. The van der Waals surface area contributed by atoms with E-state index in [0.717, 1.165) is 28.9 Å². The van der Waals surface area contributed by atoms with E-state index in [1.165, 1.54) is 0 Å². The van der Waals surface area contributed by atoms with Crippen molar-refractivity contribution in [3.05, 3.63) is 66.6 Å². The largest absolute Gasteiger partial charge is 0.352 e. The highest BCUT2D eigenvalue weighted by Gasteiger charge is 2.17. The van der Waals surface area contributed by atoms with E-state index in [4.69, 9.17) is 5.10 Å². The van der Waals surface area contributed by atoms with Gasteiger partial charge in [0.05, 0.1) is 17.4 Å². The van der Waals surface area contributed by atoms with Crippen LogP contribution in [-0.2, 0) is 11.3 Å². The number of carbonyl (C=O) groups is 1. The molecule has 0 spiro atoms. The van der Waals surface area contributed by atoms with Gasteiger partial charge in [-0.1, -0.05) is 25.1 Å². The van der Waals surface area contributed by atoms with Crippen molar-refractivity contribution in [3.63, 3.8) is 0 Å². The minimum atomic E-state index is -0.296. The molecule has 6 heteroatoms. The quantitative estimate of drug-likeness (QED) is 0.632. The molecular formula is C22H27N5O. The fourth-order valence-corrected chi connectivity index (χ4v) is 2.82. The Hall–Kier alpha value is -2.99. The van der Waals surface area contributed by atoms with Crippen molar-refractivity contribution in [1.29, 1.82) is 0 Å². The number of nitrogens with one attached hydrogen (secondary N) is 2. The highest BCUT2D eigenvalue weighted by molar-refractivity contribution is 5.81. The Morgan fingerprint density at radius 1 is 1.14 bits per heavy atom. The van der Waals surface area contributed by atoms with Gasteiger partial charge in [0.1, 0.15) is 0 Å². The van der Waals surface area contributed by atoms with Gasteiger partial charge >= 0.3 is 0 Å². The average molecular weight is 377 g/mol. The van der Waals surface area contributed by atoms with Crippen LogP contribution in [0, 0.1) is 0 Å². The highest BCUT2D eigenvalue weighted by atomic mass is 16.2. The molecule has 2 N–H and O–H groups in total. The van der Waals surface area contributed by atoms with Crippen LogP contribution in [0.5, 0.6) is 0 Å². The second kappa shape index (κ2) is 9.28. The van der Waals surface area contributed by atoms with Crippen molar-refractivity contribution in [3.8, 4) is 16.9 Å². The fraction of sp³-hybridized carbons (Fsp3) is 0.318. The van der Waals surface area contributed by atoms with Gasteiger partial charge in [-0.2, -0.15) is 5.10 Å². The molecule has 2 heterocycles. The first-order valence-electron chi connectivity index (χ1n) is 9.66. The molecular weight excluding hydrogens is 350 g/mol. The average Bonchev–Trinajstić information content (AvgIpc) is 3.17. The van der Waals surface area contributed by atoms with Gasteiger partial charge in [0.25, 0.3) is 0 Å². The van der Waals surface area contributed by atoms with E-state index < -0.39 is 0 Å². The van der Waals surface area contributed by atoms with Crippen LogP contribution in [0.3, 0.4) is 0 Å². The van der Waals surface area contributed by atoms with Gasteiger partial charge < -0.3 is 10.6 Å². The molecule has 3 aromatic rings. The first-order chi connectivity index (χ1) is 13.6. The SMILES string of the molecule is CCC(C)NC(=O)C(C)NCc1cn(-c2ccccc2)nc1-c1cccnc1. The number of benzene rings is 1. The topological polar surface area (TPSA) is 71.8 Å². The summed E-state index contributed by atoms with van der Waals surface area (Å²) in [5.41, 5.74) is 3.81. The number of aromatic nitrogens is 3. The lowest BCUT2D eigenvalue weighted by Crippen LogP contribution is -2.45. The lowest BCUT2D eigenvalue weighted by molar-refractivity contribution is -0.123. The maximum Gasteiger partial charge on any atom is 0.237 e. The first-order valence-corrected chi connectivity index (χ1v) is 9.66. The Bertz CT molecular complexity index is 892. The van der Waals surface area contributed by atoms with Crippen LogP contribution in [0.25, 0.3) is 16.9 Å². The van der Waals surface area contributed by atoms with E-state index in [0.29, 0.717) is 6.54 Å². The maximum absolute atomic E-state index is 12.3. The molecule has 2 unspecified atom stereocenters. The summed E-state index contributed by atoms with van der Waals surface area (Å²) in [5.74, 6) is 0.00716. The van der Waals surface area contributed by atoms with Crippen LogP contribution in [0.2, 0.25) is 0 Å². The second-order valence-corrected chi connectivity index (χ2v) is 6.95. The first kappa shape index (κ1) is 19.8. The summed E-state index contributed by atoms with van der Waals surface area (Å²) in [7, 11) is 0. The molecule has 0 saturated heterocycles. The van der Waals surface area contributed by atoms with Gasteiger partial charge in [0.15, 0.2) is 0 Å². The summed E-state index contributed by atoms with van der Waals surface area (Å²) >= 11 is 0. The molecule has 1 amide bonds. The Balaban J connectivity index is 1.81. The Morgan fingerprint density at radius 2 is 1.93 bits per heavy atom. The molecule has 3 rings (SSSR count). The van der Waals surface area contributed by atoms with Crippen molar-refractivity contribution in [2.24, 2.45) is 0 Å². The Labute approximate surface area is 166 Å². The second-order valence-electron chi connectivity index (χ2n) is 6.95. The normalized spacial score (nSPS) is 13.1. The van der Waals surface area contributed by atoms with E-state index in [1.54, 1.807) is 12.4 Å². The molecule has 0 fully saturated rings. The zero-order chi connectivity index (χ0) is 19.9. The van der Waals surface area contributed by atoms with E-state index >= 15 is 0 Å². The van der Waals surface area contributed by atoms with Gasteiger partial charge in [-0.25, -0.2) is 4.68 Å². The standard InChI is InChI=1S/C22H27N5O/c1-4-16(2)25-22(28)17(3)24-14-19-15-27(20-10-6-5-7-11-20)26-21(19)18-9-8-12-23-13-18/h5-13,15-17,24H,4,14H2,1-3H3,(H,25,28). The van der Waals surface area contributed by atoms with E-state index in [9.17, 15) is 4.79 Å². The van der Waals surface area contributed by atoms with Crippen LogP contribution in [0.1, 0.15) is 32.8 Å². The smallest absolute Gasteiger partial charge is 0.237 e. The Kier molecular flexibility index (Phi) is 6.55. The Morgan fingerprint density at radius 3 is 2.61 bits per heavy atom. The van der Waals surface area contributed by atoms with Crippen molar-refractivity contribution < 1.29 is 4.79 Å². The van der Waals surface area contributed by atoms with Crippen LogP contribution in [-0.4, -0.2) is 32.8 Å². The predicted molar refractivity (Wildman–Crippen MR) is 111 cm³/mol. The molecule has 6 nitrogen and oxygen atoms in total. The molecule has 0 aliphatic carbocycles. The summed E-state index contributed by atoms with van der Waals surface area (Å²) in [4.78, 5) is 16.5. The molecule has 0 saturated carbocycles. The maximum atomic E-state index is 12.3. The van der Waals surface area contributed by atoms with Crippen LogP contribution < -0.4 is 10.6 Å². The summed E-state index contributed by atoms with van der Waals surface area (Å²) in [6.45, 7) is 6.48. The molecule has 2 aromatic heterocycles. The van der Waals surface area contributed by atoms with Crippen molar-refractivity contribution in [2.75, 3.05) is 0 Å². The van der Waals surface area contributed by atoms with Gasteiger partial charge in [-0.15, -0.1) is 0 Å². The number of para-hydroxylation sites is 1. The number of hydrogen-bond acceptors (Lipinski definition) is 4. The predicted octanol–water partition coefficient (Wildman–Crippen LogP) is 3.33. The summed E-state index contributed by atoms with van der Waals surface area (Å²) in [5, 5.41) is 11.1. The summed E-state index contributed by atoms with van der Waals surface area (Å²) in [6.07, 6.45) is 6.47. The van der Waals surface area contributed by atoms with Crippen LogP contribution in [0.15, 0.2) is 61.1 Å². The monoisotopic (exact) mass is 377 g/mol. The molecule has 146 valence electrons. The zero-order valence-electron chi connectivity index (χ0n) is 16.6. The zero-order valence-corrected chi connectivity index (χ0v) is 16.6. The molecule has 0 aliphatic rings. The highest BCUT2D eigenvalue weighted by Crippen LogP contribution is 2.23. The molecule has 2 atom stereocenters. The van der Waals surface area contributed by atoms with Gasteiger partial charge in [-0.05, 0) is 44.5 Å². The van der Waals surface area contributed by atoms with E-state index in [1.807, 2.05) is 67.2 Å². The van der Waals surface area contributed by atoms with Crippen LogP contribution in [0.4, 0.5) is 0 Å². The number of nitrogens with zero attached hydrogens (tertiary/aromatic N) is 3. The van der Waals surface area contributed by atoms with Crippen molar-refractivity contribution in [1.82, 2.24) is 25.4 Å². The summed E-state index contributed by atoms with van der Waals surface area (Å²) < 4.78 is 1.86. The van der Waals surface area contributed by atoms with Gasteiger partial charge in [0.2, 0.25) is 5.91 Å². The van der Waals surface area contributed by atoms with Crippen molar-refractivity contribution >= 4 is 5.91 Å². The summed E-state index contributed by atoms with van der Waals surface area (Å²) in [6, 6.07) is 13.7. The molecule has 28 heavy (non-hydrogen) atoms. The number of pyridine rings is 1. The fourth-order valence-electron chi connectivity index (χ4n) is 2.82. The van der Waals surface area contributed by atoms with Gasteiger partial charge in [0, 0.05) is 42.3 Å². The third-order valence-electron chi connectivity index (χ3n) is 4.74. The molecule has 0 bridgehead atoms. The van der Waals surface area contributed by atoms with Crippen molar-refractivity contribution in [2.45, 2.75) is 45.8 Å². The molecule has 0 aliphatic heterocycles. The third kappa shape index (κ3) is 4.84. The minimum absolute atomic E-state index is 0.00716. The number of amides is 1. The van der Waals surface area contributed by atoms with E-state index in [-0.39, 0.29) is 18.0 Å². The van der Waals surface area contributed by atoms with Gasteiger partial charge in [-0.3, -0.25) is 9.78 Å². The lowest BCUT2D eigenvalue weighted by Gasteiger charge is -2.17. The lowest BCUT2D eigenvalue weighted by atomic mass is 10.1. The number of hydrogen-bond donors (Lipinski definition) is 2. The number of carbonyl (C=O) groups excluding carboxylic acids is 1. The third-order valence-corrected chi connectivity index (χ3v) is 4.74.